The fraction of sp³-hybridized carbons (Fsp3) is 0.409. The molecule has 2 aromatic carbocycles. The Morgan fingerprint density at radius 3 is 2.46 bits per heavy atom. The van der Waals surface area contributed by atoms with Gasteiger partial charge in [-0.05, 0) is 47.4 Å². The predicted molar refractivity (Wildman–Crippen MR) is 96.8 cm³/mol. The molecule has 1 unspecified atom stereocenters. The molecule has 4 rings (SSSR count). The van der Waals surface area contributed by atoms with Crippen LogP contribution in [0.1, 0.15) is 65.6 Å². The molecule has 1 saturated carbocycles. The Kier molecular flexibility index (Phi) is 4.13. The predicted octanol–water partition coefficient (Wildman–Crippen LogP) is 5.14. The van der Waals surface area contributed by atoms with Gasteiger partial charge in [0.25, 0.3) is 5.91 Å². The third kappa shape index (κ3) is 2.86. The smallest absolute Gasteiger partial charge is 0.254 e. The number of benzene rings is 2. The molecule has 124 valence electrons. The molecule has 1 aliphatic carbocycles. The van der Waals surface area contributed by atoms with Gasteiger partial charge in [-0.25, -0.2) is 0 Å². The van der Waals surface area contributed by atoms with Crippen LogP contribution in [0.3, 0.4) is 0 Å². The zero-order valence-electron chi connectivity index (χ0n) is 14.4. The summed E-state index contributed by atoms with van der Waals surface area (Å²) in [4.78, 5) is 14.4. The van der Waals surface area contributed by atoms with Crippen molar-refractivity contribution in [1.82, 2.24) is 4.90 Å². The largest absolute Gasteiger partial charge is 0.330 e. The molecule has 2 nitrogen and oxygen atoms in total. The number of hydrogen-bond donors (Lipinski definition) is 0. The van der Waals surface area contributed by atoms with Crippen LogP contribution < -0.4 is 0 Å². The molecule has 0 spiro atoms. The molecule has 0 bridgehead atoms. The van der Waals surface area contributed by atoms with Crippen LogP contribution in [0.25, 0.3) is 0 Å². The molecule has 24 heavy (non-hydrogen) atoms. The van der Waals surface area contributed by atoms with E-state index in [4.69, 9.17) is 0 Å². The normalized spacial score (nSPS) is 18.9. The van der Waals surface area contributed by atoms with Crippen molar-refractivity contribution in [2.24, 2.45) is 5.92 Å². The Labute approximate surface area is 144 Å². The monoisotopic (exact) mass is 319 g/mol. The van der Waals surface area contributed by atoms with E-state index in [1.165, 1.54) is 36.8 Å². The zero-order valence-corrected chi connectivity index (χ0v) is 14.4. The van der Waals surface area contributed by atoms with Gasteiger partial charge in [0.15, 0.2) is 0 Å². The highest BCUT2D eigenvalue weighted by Crippen LogP contribution is 2.37. The molecule has 0 radical (unpaired) electrons. The van der Waals surface area contributed by atoms with Gasteiger partial charge in [0, 0.05) is 18.7 Å². The molecule has 1 fully saturated rings. The first-order chi connectivity index (χ1) is 11.7. The standard InChI is InChI=1S/C22H25NO/c1-16(18-6-2-3-7-18)19-12-10-17(11-13-19)14-23-15-20-8-4-5-9-21(20)22(23)24/h4-5,8-13,16,18H,2-3,6-7,14-15H2,1H3. The van der Waals surface area contributed by atoms with E-state index in [-0.39, 0.29) is 5.91 Å². The number of rotatable bonds is 4. The average molecular weight is 319 g/mol. The van der Waals surface area contributed by atoms with Crippen LogP contribution in [0.4, 0.5) is 0 Å². The Morgan fingerprint density at radius 2 is 1.75 bits per heavy atom. The molecular formula is C22H25NO. The number of amides is 1. The van der Waals surface area contributed by atoms with E-state index in [0.717, 1.165) is 23.6 Å². The second-order valence-electron chi connectivity index (χ2n) is 7.39. The van der Waals surface area contributed by atoms with Crippen LogP contribution in [-0.4, -0.2) is 10.8 Å². The van der Waals surface area contributed by atoms with Gasteiger partial charge in [-0.15, -0.1) is 0 Å². The van der Waals surface area contributed by atoms with E-state index in [9.17, 15) is 4.79 Å². The molecule has 2 aromatic rings. The Bertz CT molecular complexity index is 728. The molecule has 1 aliphatic heterocycles. The van der Waals surface area contributed by atoms with Crippen LogP contribution in [0.2, 0.25) is 0 Å². The highest BCUT2D eigenvalue weighted by molar-refractivity contribution is 5.98. The van der Waals surface area contributed by atoms with Crippen LogP contribution >= 0.6 is 0 Å². The highest BCUT2D eigenvalue weighted by Gasteiger charge is 2.27. The number of carbonyl (C=O) groups is 1. The molecule has 0 N–H and O–H groups in total. The van der Waals surface area contributed by atoms with E-state index in [0.29, 0.717) is 12.5 Å². The van der Waals surface area contributed by atoms with E-state index in [1.54, 1.807) is 0 Å². The molecule has 2 aliphatic rings. The quantitative estimate of drug-likeness (QED) is 0.764. The summed E-state index contributed by atoms with van der Waals surface area (Å²) in [5, 5.41) is 0. The lowest BCUT2D eigenvalue weighted by molar-refractivity contribution is 0.0766. The Balaban J connectivity index is 1.44. The second-order valence-corrected chi connectivity index (χ2v) is 7.39. The van der Waals surface area contributed by atoms with Crippen molar-refractivity contribution in [3.63, 3.8) is 0 Å². The maximum absolute atomic E-state index is 12.5. The van der Waals surface area contributed by atoms with Crippen molar-refractivity contribution < 1.29 is 4.79 Å². The van der Waals surface area contributed by atoms with Crippen LogP contribution in [0, 0.1) is 5.92 Å². The van der Waals surface area contributed by atoms with Crippen LogP contribution in [0.5, 0.6) is 0 Å². The molecule has 0 aromatic heterocycles. The summed E-state index contributed by atoms with van der Waals surface area (Å²) in [6.45, 7) is 3.80. The van der Waals surface area contributed by atoms with E-state index >= 15 is 0 Å². The summed E-state index contributed by atoms with van der Waals surface area (Å²) in [6, 6.07) is 16.9. The summed E-state index contributed by atoms with van der Waals surface area (Å²) < 4.78 is 0. The molecule has 1 heterocycles. The van der Waals surface area contributed by atoms with E-state index in [2.05, 4.69) is 37.3 Å². The molecular weight excluding hydrogens is 294 g/mol. The van der Waals surface area contributed by atoms with Crippen molar-refractivity contribution in [3.8, 4) is 0 Å². The van der Waals surface area contributed by atoms with Gasteiger partial charge in [-0.3, -0.25) is 4.79 Å². The van der Waals surface area contributed by atoms with Crippen molar-refractivity contribution in [2.45, 2.75) is 51.6 Å². The fourth-order valence-electron chi connectivity index (χ4n) is 4.32. The first-order valence-corrected chi connectivity index (χ1v) is 9.18. The third-order valence-corrected chi connectivity index (χ3v) is 5.88. The summed E-state index contributed by atoms with van der Waals surface area (Å²) >= 11 is 0. The van der Waals surface area contributed by atoms with Gasteiger partial charge in [-0.2, -0.15) is 0 Å². The van der Waals surface area contributed by atoms with Crippen LogP contribution in [0.15, 0.2) is 48.5 Å². The number of nitrogens with zero attached hydrogens (tertiary/aromatic N) is 1. The minimum absolute atomic E-state index is 0.161. The van der Waals surface area contributed by atoms with Gasteiger partial charge < -0.3 is 4.90 Å². The van der Waals surface area contributed by atoms with E-state index in [1.807, 2.05) is 23.1 Å². The molecule has 1 amide bonds. The highest BCUT2D eigenvalue weighted by atomic mass is 16.2. The summed E-state index contributed by atoms with van der Waals surface area (Å²) in [6.07, 6.45) is 5.54. The first-order valence-electron chi connectivity index (χ1n) is 9.18. The lowest BCUT2D eigenvalue weighted by Gasteiger charge is -2.20. The van der Waals surface area contributed by atoms with Gasteiger partial charge in [0.05, 0.1) is 0 Å². The van der Waals surface area contributed by atoms with Gasteiger partial charge in [0.1, 0.15) is 0 Å². The first kappa shape index (κ1) is 15.4. The van der Waals surface area contributed by atoms with E-state index < -0.39 is 0 Å². The summed E-state index contributed by atoms with van der Waals surface area (Å²) in [5.74, 6) is 1.67. The minimum Gasteiger partial charge on any atom is -0.330 e. The summed E-state index contributed by atoms with van der Waals surface area (Å²) in [7, 11) is 0. The Morgan fingerprint density at radius 1 is 1.04 bits per heavy atom. The topological polar surface area (TPSA) is 20.3 Å². The SMILES string of the molecule is CC(c1ccc(CN2Cc3ccccc3C2=O)cc1)C1CCCC1. The molecule has 2 heteroatoms. The number of carbonyl (C=O) groups excluding carboxylic acids is 1. The van der Waals surface area contributed by atoms with Crippen molar-refractivity contribution in [3.05, 3.63) is 70.8 Å². The van der Waals surface area contributed by atoms with Crippen molar-refractivity contribution in [1.29, 1.82) is 0 Å². The number of fused-ring (bicyclic) bond motifs is 1. The minimum atomic E-state index is 0.161. The molecule has 1 atom stereocenters. The van der Waals surface area contributed by atoms with Gasteiger partial charge in [-0.1, -0.05) is 62.2 Å². The van der Waals surface area contributed by atoms with Gasteiger partial charge >= 0.3 is 0 Å². The Hall–Kier alpha value is -2.09. The fourth-order valence-corrected chi connectivity index (χ4v) is 4.32. The number of hydrogen-bond acceptors (Lipinski definition) is 1. The summed E-state index contributed by atoms with van der Waals surface area (Å²) in [5.41, 5.74) is 4.68. The lowest BCUT2D eigenvalue weighted by Crippen LogP contribution is -2.23. The maximum atomic E-state index is 12.5. The molecule has 0 saturated heterocycles. The third-order valence-electron chi connectivity index (χ3n) is 5.88. The average Bonchev–Trinajstić information content (AvgIpc) is 3.25. The van der Waals surface area contributed by atoms with Gasteiger partial charge in [0.2, 0.25) is 0 Å². The van der Waals surface area contributed by atoms with Crippen molar-refractivity contribution >= 4 is 5.91 Å². The zero-order chi connectivity index (χ0) is 16.5. The van der Waals surface area contributed by atoms with Crippen molar-refractivity contribution in [2.75, 3.05) is 0 Å². The van der Waals surface area contributed by atoms with Crippen LogP contribution in [-0.2, 0) is 13.1 Å². The second kappa shape index (κ2) is 6.43. The maximum Gasteiger partial charge on any atom is 0.254 e. The lowest BCUT2D eigenvalue weighted by atomic mass is 9.86.